The van der Waals surface area contributed by atoms with Crippen molar-refractivity contribution in [3.8, 4) is 84.5 Å². The van der Waals surface area contributed by atoms with Crippen LogP contribution in [0.25, 0.3) is 182 Å². The van der Waals surface area contributed by atoms with E-state index in [1.54, 1.807) is 0 Å². The highest BCUT2D eigenvalue weighted by molar-refractivity contribution is 7.99. The maximum absolute atomic E-state index is 16.8. The molecule has 22 aromatic carbocycles. The number of hydrogen-bond acceptors (Lipinski definition) is 6. The van der Waals surface area contributed by atoms with Crippen molar-refractivity contribution in [2.24, 2.45) is 0 Å². The predicted molar refractivity (Wildman–Crippen MR) is 615 cm³/mol. The molecule has 8 nitrogen and oxygen atoms in total. The molecule has 700 valence electrons. The first-order valence-corrected chi connectivity index (χ1v) is 53.9. The minimum atomic E-state index is -3.45. The number of rotatable bonds is 6. The molecule has 0 aliphatic carbocycles. The Morgan fingerprint density at radius 3 is 1.09 bits per heavy atom. The Kier molecular flexibility index (Phi) is 18.2. The van der Waals surface area contributed by atoms with E-state index in [0.717, 1.165) is 144 Å². The summed E-state index contributed by atoms with van der Waals surface area (Å²) >= 11 is 1.89. The topological polar surface area (TPSA) is 80.3 Å². The van der Waals surface area contributed by atoms with Crippen LogP contribution in [0.2, 0.25) is 0 Å². The molecule has 34 rings (SSSR count). The zero-order valence-corrected chi connectivity index (χ0v) is 82.6. The van der Waals surface area contributed by atoms with Crippen molar-refractivity contribution in [1.29, 1.82) is 0 Å². The van der Waals surface area contributed by atoms with Gasteiger partial charge in [-0.2, -0.15) is 0 Å². The Morgan fingerprint density at radius 1 is 0.213 bits per heavy atom. The van der Waals surface area contributed by atoms with E-state index in [1.165, 1.54) is 142 Å². The average Bonchev–Trinajstić information content (AvgIpc) is 1.18. The van der Waals surface area contributed by atoms with E-state index in [-0.39, 0.29) is 0 Å². The van der Waals surface area contributed by atoms with Crippen molar-refractivity contribution in [2.45, 2.75) is 26.0 Å². The standard InChI is InChI=1S/C54H35N2OP.C43H25NO2.C43H25NOS/c57-58(40-21-8-3-9-22-40)51-30-15-12-26-44(51)54(43-25-11-14-29-50(43)56-49-28-13-10-23-41(49)42-24-16-27-46(54)53(42)56)45-32-31-38(35-52(45)58)39-33-47(36-17-4-1-5-18-36)55-48(34-39)37-19-6-2-7-20-37;2*1-5-16-36-28(10-1)30-12-9-15-35-42(30)44(36)37-17-6-3-13-32(37)43(35)33-14-4-8-19-40(33)46-41-25-27(20-22-34(41)43)26-21-23-39-31(24-26)29-11-2-7-18-38(29)45-39/h1-35H;2*1-25H. The van der Waals surface area contributed by atoms with Crippen LogP contribution in [0.15, 0.2) is 534 Å². The van der Waals surface area contributed by atoms with E-state index in [0.29, 0.717) is 0 Å². The molecule has 0 N–H and O–H groups in total. The number of benzene rings is 22. The minimum absolute atomic E-state index is 0.457. The third-order valence-electron chi connectivity index (χ3n) is 33.0. The zero-order chi connectivity index (χ0) is 98.4. The van der Waals surface area contributed by atoms with Gasteiger partial charge in [0, 0.05) is 102 Å². The predicted octanol–water partition coefficient (Wildman–Crippen LogP) is 34.5. The molecule has 10 heteroatoms. The van der Waals surface area contributed by atoms with Gasteiger partial charge in [-0.1, -0.05) is 412 Å². The van der Waals surface area contributed by atoms with E-state index in [1.807, 2.05) is 78.5 Å². The molecule has 4 atom stereocenters. The maximum atomic E-state index is 16.8. The van der Waals surface area contributed by atoms with Crippen LogP contribution in [0.4, 0.5) is 0 Å². The van der Waals surface area contributed by atoms with Crippen molar-refractivity contribution in [1.82, 2.24) is 18.7 Å². The number of furan rings is 2. The molecule has 6 aromatic heterocycles. The Balaban J connectivity index is 0.000000100. The van der Waals surface area contributed by atoms with Crippen LogP contribution in [0.3, 0.4) is 0 Å². The van der Waals surface area contributed by atoms with Crippen LogP contribution in [-0.4, -0.2) is 18.7 Å². The normalized spacial score (nSPS) is 16.7. The van der Waals surface area contributed by atoms with Crippen LogP contribution in [0.5, 0.6) is 11.5 Å². The first-order chi connectivity index (χ1) is 74.3. The minimum Gasteiger partial charge on any atom is -0.457 e. The molecule has 150 heavy (non-hydrogen) atoms. The summed E-state index contributed by atoms with van der Waals surface area (Å²) in [5.74, 6) is 1.77. The lowest BCUT2D eigenvalue weighted by molar-refractivity contribution is 0.434. The van der Waals surface area contributed by atoms with Gasteiger partial charge in [-0.3, -0.25) is 0 Å². The van der Waals surface area contributed by atoms with Crippen LogP contribution in [0, 0.1) is 0 Å². The number of aromatic nitrogens is 4. The Labute approximate surface area is 867 Å². The van der Waals surface area contributed by atoms with Gasteiger partial charge in [0.1, 0.15) is 33.8 Å². The summed E-state index contributed by atoms with van der Waals surface area (Å²) < 4.78 is 43.3. The van der Waals surface area contributed by atoms with Gasteiger partial charge in [0.05, 0.1) is 77.8 Å². The third-order valence-corrected chi connectivity index (χ3v) is 37.2. The van der Waals surface area contributed by atoms with Gasteiger partial charge < -0.3 is 31.8 Å². The number of nitrogens with zero attached hydrogens (tertiary/aromatic N) is 4. The third kappa shape index (κ3) is 11.7. The summed E-state index contributed by atoms with van der Waals surface area (Å²) in [4.78, 5) is 7.79. The molecule has 0 saturated carbocycles. The second-order valence-electron chi connectivity index (χ2n) is 40.3. The Morgan fingerprint density at radius 2 is 0.560 bits per heavy atom. The number of ether oxygens (including phenoxy) is 1. The second-order valence-corrected chi connectivity index (χ2v) is 44.0. The quantitative estimate of drug-likeness (QED) is 0.154. The zero-order valence-electron chi connectivity index (χ0n) is 80.9. The van der Waals surface area contributed by atoms with Crippen molar-refractivity contribution >= 4 is 144 Å². The van der Waals surface area contributed by atoms with E-state index in [9.17, 15) is 0 Å². The van der Waals surface area contributed by atoms with Crippen molar-refractivity contribution in [3.63, 3.8) is 0 Å². The van der Waals surface area contributed by atoms with Crippen LogP contribution in [-0.2, 0) is 20.8 Å². The molecule has 0 bridgehead atoms. The second kappa shape index (κ2) is 32.2. The molecule has 0 radical (unpaired) electrons. The van der Waals surface area contributed by atoms with Crippen LogP contribution in [0.1, 0.15) is 66.8 Å². The molecule has 12 heterocycles. The van der Waals surface area contributed by atoms with E-state index < -0.39 is 23.4 Å². The van der Waals surface area contributed by atoms with Crippen molar-refractivity contribution in [3.05, 3.63) is 582 Å². The highest BCUT2D eigenvalue weighted by Crippen LogP contribution is 2.66. The fourth-order valence-electron chi connectivity index (χ4n) is 26.9. The van der Waals surface area contributed by atoms with Gasteiger partial charge in [-0.15, -0.1) is 0 Å². The summed E-state index contributed by atoms with van der Waals surface area (Å²) in [6, 6.07) is 185. The largest absolute Gasteiger partial charge is 0.457 e. The lowest BCUT2D eigenvalue weighted by atomic mass is 9.61. The van der Waals surface area contributed by atoms with Crippen LogP contribution >= 0.6 is 18.9 Å². The molecular weight excluding hydrogens is 1860 g/mol. The number of hydrogen-bond donors (Lipinski definition) is 0. The summed E-state index contributed by atoms with van der Waals surface area (Å²) in [5.41, 5.74) is 38.1. The molecule has 4 unspecified atom stereocenters. The smallest absolute Gasteiger partial charge is 0.171 e. The number of pyridine rings is 1. The van der Waals surface area contributed by atoms with Crippen molar-refractivity contribution < 1.29 is 18.1 Å². The molecule has 3 spiro atoms. The lowest BCUT2D eigenvalue weighted by Gasteiger charge is -2.47. The molecule has 0 fully saturated rings. The molecule has 0 saturated heterocycles. The summed E-state index contributed by atoms with van der Waals surface area (Å²) in [6.07, 6.45) is 0. The average molecular weight is 1950 g/mol. The SMILES string of the molecule is O=P1(c2ccccc2)c2ccccc2C2(c3ccccc3-n3c4ccccc4c4cccc2c43)c2ccc(-c3cc(-c4ccccc4)nc(-c4ccccc4)c3)cc21.c1ccc2c(c1)Oc1cc(-c3ccc4oc5ccccc5c4c3)ccc1C21c2ccccc2-n2c3ccccc3c3cccc1c32.c1ccc2c(c1)Sc1cc(-c3ccc4oc5ccccc5c4c3)ccc1C21c2ccccc2-n2c3ccccc3c3cccc1c32. The molecule has 0 amide bonds. The van der Waals surface area contributed by atoms with E-state index >= 15 is 4.57 Å². The summed E-state index contributed by atoms with van der Waals surface area (Å²) in [7, 11) is -3.45. The highest BCUT2D eigenvalue weighted by atomic mass is 32.2. The molecule has 6 aliphatic heterocycles. The van der Waals surface area contributed by atoms with Crippen LogP contribution < -0.4 is 20.7 Å². The fourth-order valence-corrected chi connectivity index (χ4v) is 31.3. The fraction of sp³-hybridized carbons (Fsp3) is 0.0214. The maximum Gasteiger partial charge on any atom is 0.171 e. The van der Waals surface area contributed by atoms with Gasteiger partial charge in [-0.25, -0.2) is 4.98 Å². The molecule has 28 aromatic rings. The van der Waals surface area contributed by atoms with Gasteiger partial charge in [0.15, 0.2) is 7.14 Å². The first kappa shape index (κ1) is 84.7. The lowest BCUT2D eigenvalue weighted by Crippen LogP contribution is -2.48. The van der Waals surface area contributed by atoms with Crippen molar-refractivity contribution in [2.75, 3.05) is 0 Å². The van der Waals surface area contributed by atoms with E-state index in [2.05, 4.69) is 463 Å². The number of fused-ring (bicyclic) bond motifs is 39. The highest BCUT2D eigenvalue weighted by Gasteiger charge is 2.57. The molecular formula is C140H85N4O4PS. The first-order valence-electron chi connectivity index (χ1n) is 51.4. The summed E-state index contributed by atoms with van der Waals surface area (Å²) in [6.45, 7) is 0. The van der Waals surface area contributed by atoms with Gasteiger partial charge in [-0.05, 0) is 204 Å². The van der Waals surface area contributed by atoms with Gasteiger partial charge in [0.25, 0.3) is 0 Å². The monoisotopic (exact) mass is 1950 g/mol. The Hall–Kier alpha value is -18.6. The van der Waals surface area contributed by atoms with E-state index in [4.69, 9.17) is 18.6 Å². The number of para-hydroxylation sites is 12. The van der Waals surface area contributed by atoms with Gasteiger partial charge in [0.2, 0.25) is 0 Å². The summed E-state index contributed by atoms with van der Waals surface area (Å²) in [5, 5.41) is 14.7. The van der Waals surface area contributed by atoms with Gasteiger partial charge >= 0.3 is 0 Å². The molecule has 6 aliphatic rings. The Bertz CT molecular complexity index is 10300.